The largest absolute Gasteiger partial charge is 0.507 e. The highest BCUT2D eigenvalue weighted by molar-refractivity contribution is 5.65. The molecule has 72 valence electrons. The zero-order chi connectivity index (χ0) is 9.97. The molecular weight excluding hydrogens is 174 g/mol. The maximum atomic E-state index is 9.74. The molecule has 0 atom stereocenters. The highest BCUT2D eigenvalue weighted by Crippen LogP contribution is 2.22. The first kappa shape index (κ1) is 9.00. The van der Waals surface area contributed by atoms with Crippen LogP contribution in [0.1, 0.15) is 23.7 Å². The number of aromatic nitrogens is 1. The molecule has 0 spiro atoms. The van der Waals surface area contributed by atoms with Crippen LogP contribution in [0.3, 0.4) is 0 Å². The third-order valence-electron chi connectivity index (χ3n) is 2.47. The number of aryl methyl sites for hydroxylation is 1. The van der Waals surface area contributed by atoms with Crippen molar-refractivity contribution in [3.8, 4) is 0 Å². The van der Waals surface area contributed by atoms with E-state index in [9.17, 15) is 5.11 Å². The summed E-state index contributed by atoms with van der Waals surface area (Å²) in [6.45, 7) is 2.08. The molecule has 0 fully saturated rings. The quantitative estimate of drug-likeness (QED) is 0.733. The lowest BCUT2D eigenvalue weighted by Crippen LogP contribution is -1.99. The Bertz CT molecular complexity index is 405. The molecule has 2 nitrogen and oxygen atoms in total. The number of aliphatic hydroxyl groups excluding tert-OH is 1. The Morgan fingerprint density at radius 2 is 2.36 bits per heavy atom. The fraction of sp³-hybridized carbons (Fsp3) is 0.250. The molecule has 0 radical (unpaired) electrons. The molecule has 2 rings (SSSR count). The van der Waals surface area contributed by atoms with E-state index in [-0.39, 0.29) is 0 Å². The van der Waals surface area contributed by atoms with Crippen molar-refractivity contribution in [2.24, 2.45) is 0 Å². The van der Waals surface area contributed by atoms with Crippen LogP contribution in [-0.4, -0.2) is 10.1 Å². The predicted octanol–water partition coefficient (Wildman–Crippen LogP) is 2.66. The van der Waals surface area contributed by atoms with Gasteiger partial charge in [0, 0.05) is 17.5 Å². The van der Waals surface area contributed by atoms with Gasteiger partial charge in [-0.3, -0.25) is 4.98 Å². The summed E-state index contributed by atoms with van der Waals surface area (Å²) in [5, 5.41) is 9.74. The third-order valence-corrected chi connectivity index (χ3v) is 2.47. The van der Waals surface area contributed by atoms with E-state index in [4.69, 9.17) is 0 Å². The predicted molar refractivity (Wildman–Crippen MR) is 57.1 cm³/mol. The molecular formula is C12H13NO. The third kappa shape index (κ3) is 1.43. The Kier molecular flexibility index (Phi) is 2.35. The van der Waals surface area contributed by atoms with Gasteiger partial charge in [0.05, 0.1) is 0 Å². The minimum absolute atomic E-state index is 0.339. The number of aliphatic hydroxyl groups is 1. The second-order valence-electron chi connectivity index (χ2n) is 3.32. The molecule has 1 aromatic rings. The van der Waals surface area contributed by atoms with E-state index in [0.717, 1.165) is 29.7 Å². The summed E-state index contributed by atoms with van der Waals surface area (Å²) < 4.78 is 0. The number of nitrogens with zero attached hydrogens (tertiary/aromatic N) is 1. The van der Waals surface area contributed by atoms with E-state index >= 15 is 0 Å². The van der Waals surface area contributed by atoms with Gasteiger partial charge in [0.25, 0.3) is 0 Å². The van der Waals surface area contributed by atoms with Crippen LogP contribution in [0.2, 0.25) is 0 Å². The molecule has 0 saturated carbocycles. The van der Waals surface area contributed by atoms with Gasteiger partial charge >= 0.3 is 0 Å². The second-order valence-corrected chi connectivity index (χ2v) is 3.32. The number of allylic oxidation sites excluding steroid dienone is 3. The van der Waals surface area contributed by atoms with Gasteiger partial charge in [-0.25, -0.2) is 0 Å². The van der Waals surface area contributed by atoms with Crippen molar-refractivity contribution in [3.05, 3.63) is 47.3 Å². The maximum Gasteiger partial charge on any atom is 0.123 e. The van der Waals surface area contributed by atoms with Crippen LogP contribution in [0.25, 0.3) is 5.76 Å². The van der Waals surface area contributed by atoms with Crippen molar-refractivity contribution >= 4 is 5.76 Å². The number of rotatable bonds is 1. The lowest BCUT2D eigenvalue weighted by atomic mass is 10.0. The van der Waals surface area contributed by atoms with E-state index in [1.807, 2.05) is 18.2 Å². The van der Waals surface area contributed by atoms with E-state index < -0.39 is 0 Å². The van der Waals surface area contributed by atoms with Crippen molar-refractivity contribution in [1.29, 1.82) is 0 Å². The number of hydrogen-bond donors (Lipinski definition) is 1. The summed E-state index contributed by atoms with van der Waals surface area (Å²) in [5.74, 6) is 0.339. The van der Waals surface area contributed by atoms with Crippen molar-refractivity contribution < 1.29 is 5.11 Å². The monoisotopic (exact) mass is 187 g/mol. The summed E-state index contributed by atoms with van der Waals surface area (Å²) in [6.07, 6.45) is 9.17. The topological polar surface area (TPSA) is 33.1 Å². The van der Waals surface area contributed by atoms with Gasteiger partial charge in [-0.05, 0) is 30.5 Å². The summed E-state index contributed by atoms with van der Waals surface area (Å²) in [6, 6.07) is 1.87. The van der Waals surface area contributed by atoms with Crippen LogP contribution in [-0.2, 0) is 12.8 Å². The molecule has 0 aliphatic heterocycles. The van der Waals surface area contributed by atoms with Gasteiger partial charge in [-0.15, -0.1) is 0 Å². The second kappa shape index (κ2) is 3.66. The average Bonchev–Trinajstić information content (AvgIpc) is 2.41. The SMILES string of the molecule is CCc1nccc2c1CC=CC=C2O. The van der Waals surface area contributed by atoms with Crippen LogP contribution in [0.4, 0.5) is 0 Å². The highest BCUT2D eigenvalue weighted by atomic mass is 16.3. The van der Waals surface area contributed by atoms with Crippen molar-refractivity contribution in [1.82, 2.24) is 4.98 Å². The molecule has 0 unspecified atom stereocenters. The van der Waals surface area contributed by atoms with Gasteiger partial charge in [0.1, 0.15) is 5.76 Å². The van der Waals surface area contributed by atoms with Gasteiger partial charge < -0.3 is 5.11 Å². The smallest absolute Gasteiger partial charge is 0.123 e. The van der Waals surface area contributed by atoms with Crippen LogP contribution in [0, 0.1) is 0 Å². The first-order valence-corrected chi connectivity index (χ1v) is 4.86. The van der Waals surface area contributed by atoms with Crippen LogP contribution in [0.15, 0.2) is 30.5 Å². The van der Waals surface area contributed by atoms with Crippen molar-refractivity contribution in [2.75, 3.05) is 0 Å². The molecule has 2 heteroatoms. The van der Waals surface area contributed by atoms with Gasteiger partial charge in [-0.1, -0.05) is 19.1 Å². The maximum absolute atomic E-state index is 9.74. The number of hydrogen-bond acceptors (Lipinski definition) is 2. The minimum atomic E-state index is 0.339. The Hall–Kier alpha value is -1.57. The van der Waals surface area contributed by atoms with Gasteiger partial charge in [-0.2, -0.15) is 0 Å². The molecule has 1 aliphatic carbocycles. The molecule has 0 aromatic carbocycles. The van der Waals surface area contributed by atoms with Crippen LogP contribution < -0.4 is 0 Å². The Balaban J connectivity index is 2.60. The highest BCUT2D eigenvalue weighted by Gasteiger charge is 2.11. The Morgan fingerprint density at radius 3 is 3.14 bits per heavy atom. The zero-order valence-electron chi connectivity index (χ0n) is 8.20. The van der Waals surface area contributed by atoms with Crippen molar-refractivity contribution in [3.63, 3.8) is 0 Å². The van der Waals surface area contributed by atoms with E-state index in [1.165, 1.54) is 0 Å². The molecule has 1 aromatic heterocycles. The minimum Gasteiger partial charge on any atom is -0.507 e. The summed E-state index contributed by atoms with van der Waals surface area (Å²) in [4.78, 5) is 4.31. The fourth-order valence-electron chi connectivity index (χ4n) is 1.74. The molecule has 1 N–H and O–H groups in total. The molecule has 1 heterocycles. The lowest BCUT2D eigenvalue weighted by molar-refractivity contribution is 0.511. The molecule has 0 bridgehead atoms. The molecule has 0 amide bonds. The number of fused-ring (bicyclic) bond motifs is 1. The van der Waals surface area contributed by atoms with Gasteiger partial charge in [0.2, 0.25) is 0 Å². The Morgan fingerprint density at radius 1 is 1.50 bits per heavy atom. The standard InChI is InChI=1S/C12H13NO/c1-2-11-9-5-3-4-6-12(14)10(9)7-8-13-11/h3-4,6-8,14H,2,5H2,1H3. The van der Waals surface area contributed by atoms with E-state index in [2.05, 4.69) is 11.9 Å². The van der Waals surface area contributed by atoms with Crippen molar-refractivity contribution in [2.45, 2.75) is 19.8 Å². The average molecular weight is 187 g/mol. The Labute approximate surface area is 83.6 Å². The first-order chi connectivity index (χ1) is 6.83. The number of pyridine rings is 1. The van der Waals surface area contributed by atoms with Gasteiger partial charge in [0.15, 0.2) is 0 Å². The fourth-order valence-corrected chi connectivity index (χ4v) is 1.74. The zero-order valence-corrected chi connectivity index (χ0v) is 8.20. The lowest BCUT2D eigenvalue weighted by Gasteiger charge is -2.09. The molecule has 0 saturated heterocycles. The first-order valence-electron chi connectivity index (χ1n) is 4.86. The summed E-state index contributed by atoms with van der Waals surface area (Å²) >= 11 is 0. The van der Waals surface area contributed by atoms with E-state index in [0.29, 0.717) is 5.76 Å². The normalized spacial score (nSPS) is 14.5. The van der Waals surface area contributed by atoms with Crippen LogP contribution >= 0.6 is 0 Å². The summed E-state index contributed by atoms with van der Waals surface area (Å²) in [5.41, 5.74) is 3.15. The molecule has 1 aliphatic rings. The molecule has 14 heavy (non-hydrogen) atoms. The van der Waals surface area contributed by atoms with E-state index in [1.54, 1.807) is 12.3 Å². The van der Waals surface area contributed by atoms with Crippen LogP contribution in [0.5, 0.6) is 0 Å². The summed E-state index contributed by atoms with van der Waals surface area (Å²) in [7, 11) is 0.